The monoisotopic (exact) mass is 393 g/mol. The summed E-state index contributed by atoms with van der Waals surface area (Å²) in [6, 6.07) is 0. The molecule has 1 aliphatic rings. The van der Waals surface area contributed by atoms with E-state index in [0.29, 0.717) is 13.1 Å². The van der Waals surface area contributed by atoms with E-state index in [1.54, 1.807) is 0 Å². The SMILES string of the molecule is CCCNC(=O)CCC(=O)N1CCOC(CN(CC(=O)O)S(C)(=O)=O)C1. The lowest BCUT2D eigenvalue weighted by Gasteiger charge is -2.35. The number of hydrogen-bond acceptors (Lipinski definition) is 6. The Morgan fingerprint density at radius 3 is 2.58 bits per heavy atom. The molecular weight excluding hydrogens is 366 g/mol. The number of morpholine rings is 1. The van der Waals surface area contributed by atoms with Gasteiger partial charge in [-0.2, -0.15) is 4.31 Å². The van der Waals surface area contributed by atoms with Crippen LogP contribution in [-0.4, -0.2) is 92.2 Å². The van der Waals surface area contributed by atoms with Crippen LogP contribution in [0.25, 0.3) is 0 Å². The van der Waals surface area contributed by atoms with E-state index in [1.807, 2.05) is 6.92 Å². The van der Waals surface area contributed by atoms with Crippen LogP contribution in [0.4, 0.5) is 0 Å². The Bertz CT molecular complexity index is 608. The number of carboxylic acids is 1. The number of ether oxygens (including phenoxy) is 1. The molecule has 1 atom stereocenters. The lowest BCUT2D eigenvalue weighted by molar-refractivity contribution is -0.142. The van der Waals surface area contributed by atoms with Gasteiger partial charge in [-0.1, -0.05) is 6.92 Å². The average molecular weight is 393 g/mol. The number of nitrogens with zero attached hydrogens (tertiary/aromatic N) is 2. The third kappa shape index (κ3) is 8.11. The minimum absolute atomic E-state index is 0.0627. The number of rotatable bonds is 10. The third-order valence-corrected chi connectivity index (χ3v) is 5.03. The Labute approximate surface area is 153 Å². The molecule has 1 unspecified atom stereocenters. The summed E-state index contributed by atoms with van der Waals surface area (Å²) in [4.78, 5) is 36.2. The van der Waals surface area contributed by atoms with E-state index in [-0.39, 0.29) is 44.4 Å². The van der Waals surface area contributed by atoms with Crippen LogP contribution in [0.3, 0.4) is 0 Å². The summed E-state index contributed by atoms with van der Waals surface area (Å²) in [5, 5.41) is 11.5. The molecule has 0 aliphatic carbocycles. The number of carbonyl (C=O) groups excluding carboxylic acids is 2. The minimum Gasteiger partial charge on any atom is -0.480 e. The lowest BCUT2D eigenvalue weighted by atomic mass is 10.2. The molecule has 2 amide bonds. The molecule has 0 aromatic carbocycles. The van der Waals surface area contributed by atoms with Gasteiger partial charge in [0.25, 0.3) is 0 Å². The van der Waals surface area contributed by atoms with E-state index in [0.717, 1.165) is 17.0 Å². The summed E-state index contributed by atoms with van der Waals surface area (Å²) in [5.74, 6) is -1.67. The first-order chi connectivity index (χ1) is 12.1. The second-order valence-corrected chi connectivity index (χ2v) is 8.11. The highest BCUT2D eigenvalue weighted by Crippen LogP contribution is 2.11. The highest BCUT2D eigenvalue weighted by Gasteiger charge is 2.29. The first-order valence-electron chi connectivity index (χ1n) is 8.46. The fraction of sp³-hybridized carbons (Fsp3) is 0.800. The molecule has 11 heteroatoms. The minimum atomic E-state index is -3.71. The molecule has 26 heavy (non-hydrogen) atoms. The molecule has 0 bridgehead atoms. The van der Waals surface area contributed by atoms with Crippen molar-refractivity contribution in [1.29, 1.82) is 0 Å². The van der Waals surface area contributed by atoms with Gasteiger partial charge in [-0.3, -0.25) is 14.4 Å². The van der Waals surface area contributed by atoms with Gasteiger partial charge < -0.3 is 20.1 Å². The predicted octanol–water partition coefficient (Wildman–Crippen LogP) is -1.13. The quantitative estimate of drug-likeness (QED) is 0.479. The molecule has 0 radical (unpaired) electrons. The zero-order valence-electron chi connectivity index (χ0n) is 15.1. The first kappa shape index (κ1) is 22.3. The van der Waals surface area contributed by atoms with E-state index < -0.39 is 28.6 Å². The summed E-state index contributed by atoms with van der Waals surface area (Å²) in [6.07, 6.45) is 1.28. The van der Waals surface area contributed by atoms with Crippen molar-refractivity contribution < 1.29 is 32.6 Å². The highest BCUT2D eigenvalue weighted by atomic mass is 32.2. The molecule has 0 aromatic heterocycles. The molecule has 0 aromatic rings. The number of carbonyl (C=O) groups is 3. The third-order valence-electron chi connectivity index (χ3n) is 3.82. The van der Waals surface area contributed by atoms with Gasteiger partial charge in [0.15, 0.2) is 0 Å². The number of carboxylic acid groups (broad SMARTS) is 1. The van der Waals surface area contributed by atoms with E-state index in [4.69, 9.17) is 9.84 Å². The summed E-state index contributed by atoms with van der Waals surface area (Å²) >= 11 is 0. The van der Waals surface area contributed by atoms with Gasteiger partial charge in [0, 0.05) is 39.0 Å². The van der Waals surface area contributed by atoms with Crippen molar-refractivity contribution in [3.05, 3.63) is 0 Å². The number of amides is 2. The Morgan fingerprint density at radius 2 is 2.00 bits per heavy atom. The predicted molar refractivity (Wildman–Crippen MR) is 92.9 cm³/mol. The van der Waals surface area contributed by atoms with Crippen LogP contribution in [-0.2, 0) is 29.1 Å². The highest BCUT2D eigenvalue weighted by molar-refractivity contribution is 7.88. The molecule has 1 saturated heterocycles. The van der Waals surface area contributed by atoms with Gasteiger partial charge in [0.05, 0.1) is 19.0 Å². The van der Waals surface area contributed by atoms with Crippen molar-refractivity contribution in [2.75, 3.05) is 45.6 Å². The zero-order chi connectivity index (χ0) is 19.7. The first-order valence-corrected chi connectivity index (χ1v) is 10.3. The number of hydrogen-bond donors (Lipinski definition) is 2. The molecule has 0 spiro atoms. The van der Waals surface area contributed by atoms with E-state index in [1.165, 1.54) is 4.90 Å². The second kappa shape index (κ2) is 10.4. The summed E-state index contributed by atoms with van der Waals surface area (Å²) in [5.41, 5.74) is 0. The summed E-state index contributed by atoms with van der Waals surface area (Å²) < 4.78 is 29.7. The standard InChI is InChI=1S/C15H27N3O7S/c1-3-6-16-13(19)4-5-14(20)17-7-8-25-12(9-17)10-18(11-15(21)22)26(2,23)24/h12H,3-11H2,1-2H3,(H,16,19)(H,21,22). The second-order valence-electron chi connectivity index (χ2n) is 6.13. The number of sulfonamides is 1. The van der Waals surface area contributed by atoms with Crippen LogP contribution in [0.2, 0.25) is 0 Å². The van der Waals surface area contributed by atoms with Crippen molar-refractivity contribution in [3.63, 3.8) is 0 Å². The molecule has 10 nitrogen and oxygen atoms in total. The van der Waals surface area contributed by atoms with Crippen LogP contribution in [0.5, 0.6) is 0 Å². The molecule has 1 rings (SSSR count). The normalized spacial score (nSPS) is 18.0. The van der Waals surface area contributed by atoms with Gasteiger partial charge in [-0.05, 0) is 6.42 Å². The summed E-state index contributed by atoms with van der Waals surface area (Å²) in [6.45, 7) is 2.42. The van der Waals surface area contributed by atoms with Gasteiger partial charge in [-0.25, -0.2) is 8.42 Å². The van der Waals surface area contributed by atoms with Crippen LogP contribution >= 0.6 is 0 Å². The number of aliphatic carboxylic acids is 1. The van der Waals surface area contributed by atoms with Crippen molar-refractivity contribution >= 4 is 27.8 Å². The van der Waals surface area contributed by atoms with Crippen LogP contribution in [0, 0.1) is 0 Å². The van der Waals surface area contributed by atoms with Gasteiger partial charge >= 0.3 is 5.97 Å². The van der Waals surface area contributed by atoms with Crippen molar-refractivity contribution in [1.82, 2.24) is 14.5 Å². The zero-order valence-corrected chi connectivity index (χ0v) is 16.0. The summed E-state index contributed by atoms with van der Waals surface area (Å²) in [7, 11) is -3.71. The van der Waals surface area contributed by atoms with Crippen molar-refractivity contribution in [2.45, 2.75) is 32.3 Å². The van der Waals surface area contributed by atoms with E-state index in [2.05, 4.69) is 5.32 Å². The molecule has 150 valence electrons. The number of nitrogens with one attached hydrogen (secondary N) is 1. The van der Waals surface area contributed by atoms with E-state index >= 15 is 0 Å². The Kier molecular flexibility index (Phi) is 8.96. The van der Waals surface area contributed by atoms with Crippen LogP contribution < -0.4 is 5.32 Å². The maximum atomic E-state index is 12.2. The average Bonchev–Trinajstić information content (AvgIpc) is 2.56. The van der Waals surface area contributed by atoms with Crippen molar-refractivity contribution in [3.8, 4) is 0 Å². The van der Waals surface area contributed by atoms with E-state index in [9.17, 15) is 22.8 Å². The van der Waals surface area contributed by atoms with Gasteiger partial charge in [0.1, 0.15) is 6.54 Å². The Hall–Kier alpha value is -1.72. The molecule has 1 heterocycles. The maximum absolute atomic E-state index is 12.2. The Morgan fingerprint density at radius 1 is 1.31 bits per heavy atom. The Balaban J connectivity index is 2.55. The smallest absolute Gasteiger partial charge is 0.318 e. The van der Waals surface area contributed by atoms with Gasteiger partial charge in [-0.15, -0.1) is 0 Å². The van der Waals surface area contributed by atoms with Crippen molar-refractivity contribution in [2.24, 2.45) is 0 Å². The maximum Gasteiger partial charge on any atom is 0.318 e. The molecule has 1 fully saturated rings. The van der Waals surface area contributed by atoms with Gasteiger partial charge in [0.2, 0.25) is 21.8 Å². The molecule has 0 saturated carbocycles. The van der Waals surface area contributed by atoms with Crippen LogP contribution in [0.15, 0.2) is 0 Å². The fourth-order valence-corrected chi connectivity index (χ4v) is 3.26. The molecule has 2 N–H and O–H groups in total. The molecular formula is C15H27N3O7S. The van der Waals surface area contributed by atoms with Crippen LogP contribution in [0.1, 0.15) is 26.2 Å². The largest absolute Gasteiger partial charge is 0.480 e. The fourth-order valence-electron chi connectivity index (χ4n) is 2.48. The lowest BCUT2D eigenvalue weighted by Crippen LogP contribution is -2.51. The molecule has 1 aliphatic heterocycles. The topological polar surface area (TPSA) is 133 Å².